The predicted molar refractivity (Wildman–Crippen MR) is 107 cm³/mol. The molecule has 138 valence electrons. The van der Waals surface area contributed by atoms with Gasteiger partial charge in [0.2, 0.25) is 5.91 Å². The van der Waals surface area contributed by atoms with Crippen LogP contribution in [0, 0.1) is 0 Å². The minimum atomic E-state index is -0.284. The molecule has 1 amide bonds. The third-order valence-electron chi connectivity index (χ3n) is 4.93. The van der Waals surface area contributed by atoms with Gasteiger partial charge in [-0.25, -0.2) is 4.98 Å². The molecule has 0 unspecified atom stereocenters. The highest BCUT2D eigenvalue weighted by Crippen LogP contribution is 2.28. The molecule has 1 N–H and O–H groups in total. The van der Waals surface area contributed by atoms with Crippen molar-refractivity contribution in [2.24, 2.45) is 0 Å². The molecule has 0 saturated carbocycles. The average Bonchev–Trinajstić information content (AvgIpc) is 2.71. The van der Waals surface area contributed by atoms with E-state index < -0.39 is 0 Å². The molecule has 3 aromatic rings. The summed E-state index contributed by atoms with van der Waals surface area (Å²) in [7, 11) is 0. The lowest BCUT2D eigenvalue weighted by Gasteiger charge is -2.30. The number of anilines is 2. The van der Waals surface area contributed by atoms with Crippen molar-refractivity contribution in [3.63, 3.8) is 0 Å². The van der Waals surface area contributed by atoms with Gasteiger partial charge in [-0.05, 0) is 43.5 Å². The van der Waals surface area contributed by atoms with E-state index in [9.17, 15) is 9.59 Å². The minimum Gasteiger partial charge on any atom is -0.370 e. The van der Waals surface area contributed by atoms with Gasteiger partial charge in [0.05, 0.1) is 28.6 Å². The lowest BCUT2D eigenvalue weighted by Crippen LogP contribution is -2.31. The van der Waals surface area contributed by atoms with Crippen molar-refractivity contribution in [3.05, 3.63) is 65.1 Å². The van der Waals surface area contributed by atoms with E-state index in [-0.39, 0.29) is 18.0 Å². The topological polar surface area (TPSA) is 67.2 Å². The Hall–Kier alpha value is -3.15. The van der Waals surface area contributed by atoms with Crippen molar-refractivity contribution >= 4 is 28.3 Å². The zero-order valence-corrected chi connectivity index (χ0v) is 15.1. The number of hydrogen-bond acceptors (Lipinski definition) is 4. The second-order valence-corrected chi connectivity index (χ2v) is 6.78. The Labute approximate surface area is 157 Å². The monoisotopic (exact) mass is 362 g/mol. The standard InChI is InChI=1S/C21H22N4O2/c26-20(15-25-19-11-5-2-8-16(19)22-14-21(25)27)23-17-9-3-4-10-18(17)24-12-6-1-7-13-24/h2-5,8-11,14H,1,6-7,12-13,15H2,(H,23,26). The summed E-state index contributed by atoms with van der Waals surface area (Å²) in [6.07, 6.45) is 4.85. The molecule has 2 aromatic carbocycles. The van der Waals surface area contributed by atoms with Crippen LogP contribution in [-0.4, -0.2) is 28.5 Å². The highest BCUT2D eigenvalue weighted by molar-refractivity contribution is 5.95. The summed E-state index contributed by atoms with van der Waals surface area (Å²) in [5, 5.41) is 2.99. The molecule has 0 atom stereocenters. The molecule has 27 heavy (non-hydrogen) atoms. The van der Waals surface area contributed by atoms with Gasteiger partial charge in [-0.1, -0.05) is 24.3 Å². The van der Waals surface area contributed by atoms with E-state index in [2.05, 4.69) is 15.2 Å². The smallest absolute Gasteiger partial charge is 0.269 e. The van der Waals surface area contributed by atoms with Crippen LogP contribution < -0.4 is 15.8 Å². The fourth-order valence-corrected chi connectivity index (χ4v) is 3.60. The maximum Gasteiger partial charge on any atom is 0.269 e. The molecular formula is C21H22N4O2. The number of fused-ring (bicyclic) bond motifs is 1. The van der Waals surface area contributed by atoms with Crippen molar-refractivity contribution < 1.29 is 4.79 Å². The van der Waals surface area contributed by atoms with Crippen molar-refractivity contribution in [1.82, 2.24) is 9.55 Å². The molecule has 1 aromatic heterocycles. The van der Waals surface area contributed by atoms with Crippen molar-refractivity contribution in [1.29, 1.82) is 0 Å². The number of hydrogen-bond donors (Lipinski definition) is 1. The van der Waals surface area contributed by atoms with Crippen LogP contribution in [0.15, 0.2) is 59.5 Å². The van der Waals surface area contributed by atoms with Crippen molar-refractivity contribution in [3.8, 4) is 0 Å². The Bertz CT molecular complexity index is 1020. The number of para-hydroxylation sites is 4. The molecule has 0 radical (unpaired) electrons. The average molecular weight is 362 g/mol. The summed E-state index contributed by atoms with van der Waals surface area (Å²) in [6.45, 7) is 1.96. The number of carbonyl (C=O) groups excluding carboxylic acids is 1. The minimum absolute atomic E-state index is 0.0454. The lowest BCUT2D eigenvalue weighted by atomic mass is 10.1. The molecule has 0 bridgehead atoms. The molecule has 0 spiro atoms. The highest BCUT2D eigenvalue weighted by Gasteiger charge is 2.16. The van der Waals surface area contributed by atoms with E-state index in [1.54, 1.807) is 6.07 Å². The Morgan fingerprint density at radius 1 is 1.00 bits per heavy atom. The van der Waals surface area contributed by atoms with E-state index in [0.29, 0.717) is 11.0 Å². The Balaban J connectivity index is 1.58. The second kappa shape index (κ2) is 7.61. The summed E-state index contributed by atoms with van der Waals surface area (Å²) < 4.78 is 1.46. The first-order chi connectivity index (χ1) is 13.2. The summed E-state index contributed by atoms with van der Waals surface area (Å²) in [4.78, 5) is 31.4. The van der Waals surface area contributed by atoms with E-state index in [1.807, 2.05) is 42.5 Å². The van der Waals surface area contributed by atoms with Crippen LogP contribution in [0.2, 0.25) is 0 Å². The first kappa shape index (κ1) is 17.3. The van der Waals surface area contributed by atoms with Gasteiger partial charge < -0.3 is 10.2 Å². The van der Waals surface area contributed by atoms with Crippen LogP contribution in [0.3, 0.4) is 0 Å². The van der Waals surface area contributed by atoms with Crippen LogP contribution in [0.1, 0.15) is 19.3 Å². The molecule has 1 aliphatic rings. The van der Waals surface area contributed by atoms with E-state index in [4.69, 9.17) is 0 Å². The number of carbonyl (C=O) groups is 1. The normalized spacial score (nSPS) is 14.3. The largest absolute Gasteiger partial charge is 0.370 e. The first-order valence-electron chi connectivity index (χ1n) is 9.31. The van der Waals surface area contributed by atoms with Crippen LogP contribution in [0.25, 0.3) is 11.0 Å². The van der Waals surface area contributed by atoms with Crippen LogP contribution in [0.4, 0.5) is 11.4 Å². The Morgan fingerprint density at radius 3 is 2.59 bits per heavy atom. The van der Waals surface area contributed by atoms with Crippen LogP contribution in [0.5, 0.6) is 0 Å². The number of piperidine rings is 1. The number of nitrogens with one attached hydrogen (secondary N) is 1. The van der Waals surface area contributed by atoms with Gasteiger partial charge >= 0.3 is 0 Å². The molecule has 6 nitrogen and oxygen atoms in total. The van der Waals surface area contributed by atoms with Gasteiger partial charge in [0, 0.05) is 13.1 Å². The summed E-state index contributed by atoms with van der Waals surface area (Å²) in [6, 6.07) is 15.2. The van der Waals surface area contributed by atoms with Crippen LogP contribution in [-0.2, 0) is 11.3 Å². The number of benzene rings is 2. The molecule has 1 fully saturated rings. The molecule has 6 heteroatoms. The van der Waals surface area contributed by atoms with Crippen molar-refractivity contribution in [2.45, 2.75) is 25.8 Å². The fourth-order valence-electron chi connectivity index (χ4n) is 3.60. The van der Waals surface area contributed by atoms with Crippen molar-refractivity contribution in [2.75, 3.05) is 23.3 Å². The SMILES string of the molecule is O=C(Cn1c(=O)cnc2ccccc21)Nc1ccccc1N1CCCCC1. The Morgan fingerprint density at radius 2 is 1.74 bits per heavy atom. The maximum absolute atomic E-state index is 12.7. The van der Waals surface area contributed by atoms with Gasteiger partial charge in [0.15, 0.2) is 0 Å². The summed E-state index contributed by atoms with van der Waals surface area (Å²) in [5.74, 6) is -0.224. The number of nitrogens with zero attached hydrogens (tertiary/aromatic N) is 3. The predicted octanol–water partition coefficient (Wildman–Crippen LogP) is 3.03. The zero-order chi connectivity index (χ0) is 18.6. The van der Waals surface area contributed by atoms with Gasteiger partial charge in [0.1, 0.15) is 6.54 Å². The third kappa shape index (κ3) is 3.69. The zero-order valence-electron chi connectivity index (χ0n) is 15.1. The summed E-state index contributed by atoms with van der Waals surface area (Å²) >= 11 is 0. The van der Waals surface area contributed by atoms with E-state index in [0.717, 1.165) is 24.5 Å². The first-order valence-corrected chi connectivity index (χ1v) is 9.31. The number of amides is 1. The number of aromatic nitrogens is 2. The molecule has 4 rings (SSSR count). The van der Waals surface area contributed by atoms with Crippen LogP contribution >= 0.6 is 0 Å². The van der Waals surface area contributed by atoms with E-state index in [1.165, 1.54) is 30.0 Å². The third-order valence-corrected chi connectivity index (χ3v) is 4.93. The highest BCUT2D eigenvalue weighted by atomic mass is 16.2. The van der Waals surface area contributed by atoms with E-state index >= 15 is 0 Å². The van der Waals surface area contributed by atoms with Gasteiger partial charge in [0.25, 0.3) is 5.56 Å². The summed E-state index contributed by atoms with van der Waals surface area (Å²) in [5.41, 5.74) is 2.89. The number of rotatable bonds is 4. The molecule has 1 aliphatic heterocycles. The van der Waals surface area contributed by atoms with Gasteiger partial charge in [-0.3, -0.25) is 14.2 Å². The van der Waals surface area contributed by atoms with Gasteiger partial charge in [-0.15, -0.1) is 0 Å². The quantitative estimate of drug-likeness (QED) is 0.775. The second-order valence-electron chi connectivity index (χ2n) is 6.78. The molecule has 1 saturated heterocycles. The van der Waals surface area contributed by atoms with Gasteiger partial charge in [-0.2, -0.15) is 0 Å². The Kier molecular flexibility index (Phi) is 4.87. The molecule has 2 heterocycles. The lowest BCUT2D eigenvalue weighted by molar-refractivity contribution is -0.116. The maximum atomic E-state index is 12.7. The molecule has 0 aliphatic carbocycles. The molecular weight excluding hydrogens is 340 g/mol. The fraction of sp³-hybridized carbons (Fsp3) is 0.286.